The topological polar surface area (TPSA) is 94.2 Å². The molecule has 32 heavy (non-hydrogen) atoms. The van der Waals surface area contributed by atoms with Gasteiger partial charge in [-0.15, -0.1) is 0 Å². The average molecular weight is 438 g/mol. The number of urea groups is 1. The molecular weight excluding hydrogens is 412 g/mol. The summed E-state index contributed by atoms with van der Waals surface area (Å²) >= 11 is 0. The zero-order chi connectivity index (χ0) is 23.3. The Morgan fingerprint density at radius 2 is 1.69 bits per heavy atom. The van der Waals surface area contributed by atoms with Crippen molar-refractivity contribution in [2.75, 3.05) is 20.8 Å². The first-order chi connectivity index (χ1) is 15.3. The van der Waals surface area contributed by atoms with Crippen molar-refractivity contribution in [1.82, 2.24) is 10.2 Å². The van der Waals surface area contributed by atoms with Gasteiger partial charge in [-0.1, -0.05) is 24.3 Å². The molecule has 0 saturated heterocycles. The standard InChI is InChI=1S/C24H26N2O6/c1-5-31-23(28)20-15(2)26(3)24(29)25-21(20)17-10-12-19(13-11-17)32-14-16-6-8-18(9-7-16)22(27)30-4/h6-13,21H,5,14H2,1-4H3,(H,25,29)/t21-/m0/s1. The summed E-state index contributed by atoms with van der Waals surface area (Å²) in [6.07, 6.45) is 0. The number of methoxy groups -OCH3 is 1. The first-order valence-corrected chi connectivity index (χ1v) is 10.2. The van der Waals surface area contributed by atoms with Gasteiger partial charge in [-0.25, -0.2) is 14.4 Å². The van der Waals surface area contributed by atoms with E-state index in [1.807, 2.05) is 0 Å². The van der Waals surface area contributed by atoms with Crippen LogP contribution >= 0.6 is 0 Å². The van der Waals surface area contributed by atoms with Crippen LogP contribution in [0.2, 0.25) is 0 Å². The lowest BCUT2D eigenvalue weighted by atomic mass is 9.95. The normalized spacial score (nSPS) is 15.8. The second kappa shape index (κ2) is 10.00. The molecule has 2 amide bonds. The maximum atomic E-state index is 12.5. The molecule has 8 nitrogen and oxygen atoms in total. The van der Waals surface area contributed by atoms with Crippen LogP contribution in [0.25, 0.3) is 0 Å². The predicted octanol–water partition coefficient (Wildman–Crippen LogP) is 3.59. The molecule has 8 heteroatoms. The Bertz CT molecular complexity index is 1030. The minimum Gasteiger partial charge on any atom is -0.489 e. The summed E-state index contributed by atoms with van der Waals surface area (Å²) in [7, 11) is 2.95. The van der Waals surface area contributed by atoms with Gasteiger partial charge < -0.3 is 24.4 Å². The average Bonchev–Trinajstić information content (AvgIpc) is 2.81. The predicted molar refractivity (Wildman–Crippen MR) is 117 cm³/mol. The molecule has 0 fully saturated rings. The molecule has 0 saturated carbocycles. The fraction of sp³-hybridized carbons (Fsp3) is 0.292. The molecule has 1 atom stereocenters. The van der Waals surface area contributed by atoms with E-state index in [1.165, 1.54) is 12.0 Å². The van der Waals surface area contributed by atoms with E-state index >= 15 is 0 Å². The Balaban J connectivity index is 1.73. The van der Waals surface area contributed by atoms with Gasteiger partial charge in [0.25, 0.3) is 0 Å². The highest BCUT2D eigenvalue weighted by molar-refractivity contribution is 5.95. The number of amides is 2. The summed E-state index contributed by atoms with van der Waals surface area (Å²) in [4.78, 5) is 37.8. The van der Waals surface area contributed by atoms with Crippen LogP contribution in [0.4, 0.5) is 4.79 Å². The van der Waals surface area contributed by atoms with Crippen LogP contribution in [-0.4, -0.2) is 43.6 Å². The largest absolute Gasteiger partial charge is 0.489 e. The number of nitrogens with zero attached hydrogens (tertiary/aromatic N) is 1. The van der Waals surface area contributed by atoms with E-state index in [1.54, 1.807) is 69.4 Å². The monoisotopic (exact) mass is 438 g/mol. The second-order valence-electron chi connectivity index (χ2n) is 7.21. The molecule has 1 aliphatic heterocycles. The highest BCUT2D eigenvalue weighted by Gasteiger charge is 2.34. The summed E-state index contributed by atoms with van der Waals surface area (Å²) in [5.41, 5.74) is 3.05. The minimum atomic E-state index is -0.613. The van der Waals surface area contributed by atoms with Crippen molar-refractivity contribution in [1.29, 1.82) is 0 Å². The van der Waals surface area contributed by atoms with E-state index in [9.17, 15) is 14.4 Å². The number of nitrogens with one attached hydrogen (secondary N) is 1. The fourth-order valence-corrected chi connectivity index (χ4v) is 3.34. The number of allylic oxidation sites excluding steroid dienone is 1. The van der Waals surface area contributed by atoms with Crippen molar-refractivity contribution in [2.45, 2.75) is 26.5 Å². The van der Waals surface area contributed by atoms with Crippen LogP contribution < -0.4 is 10.1 Å². The molecule has 0 unspecified atom stereocenters. The van der Waals surface area contributed by atoms with E-state index in [2.05, 4.69) is 5.32 Å². The quantitative estimate of drug-likeness (QED) is 0.664. The number of carbonyl (C=O) groups excluding carboxylic acids is 3. The van der Waals surface area contributed by atoms with E-state index in [0.29, 0.717) is 29.2 Å². The van der Waals surface area contributed by atoms with Crippen LogP contribution in [-0.2, 0) is 20.9 Å². The van der Waals surface area contributed by atoms with Gasteiger partial charge in [0, 0.05) is 12.7 Å². The first kappa shape index (κ1) is 22.9. The van der Waals surface area contributed by atoms with Gasteiger partial charge in [0.1, 0.15) is 12.4 Å². The second-order valence-corrected chi connectivity index (χ2v) is 7.21. The molecule has 0 radical (unpaired) electrons. The summed E-state index contributed by atoms with van der Waals surface area (Å²) in [5, 5.41) is 2.85. The molecule has 3 rings (SSSR count). The van der Waals surface area contributed by atoms with E-state index < -0.39 is 12.0 Å². The van der Waals surface area contributed by atoms with Gasteiger partial charge >= 0.3 is 18.0 Å². The number of esters is 2. The van der Waals surface area contributed by atoms with Crippen molar-refractivity contribution in [2.24, 2.45) is 0 Å². The molecule has 1 N–H and O–H groups in total. The molecule has 0 spiro atoms. The maximum Gasteiger partial charge on any atom is 0.338 e. The van der Waals surface area contributed by atoms with E-state index in [-0.39, 0.29) is 18.6 Å². The lowest BCUT2D eigenvalue weighted by Crippen LogP contribution is -2.46. The van der Waals surface area contributed by atoms with Gasteiger partial charge in [-0.3, -0.25) is 0 Å². The fourth-order valence-electron chi connectivity index (χ4n) is 3.34. The number of rotatable bonds is 7. The van der Waals surface area contributed by atoms with Gasteiger partial charge in [0.05, 0.1) is 30.9 Å². The van der Waals surface area contributed by atoms with Crippen LogP contribution in [0.3, 0.4) is 0 Å². The van der Waals surface area contributed by atoms with Gasteiger partial charge in [0.2, 0.25) is 0 Å². The number of carbonyl (C=O) groups is 3. The first-order valence-electron chi connectivity index (χ1n) is 10.2. The van der Waals surface area contributed by atoms with E-state index in [0.717, 1.165) is 11.1 Å². The van der Waals surface area contributed by atoms with Gasteiger partial charge in [0.15, 0.2) is 0 Å². The Kier molecular flexibility index (Phi) is 7.14. The third-order valence-electron chi connectivity index (χ3n) is 5.24. The lowest BCUT2D eigenvalue weighted by molar-refractivity contribution is -0.139. The third kappa shape index (κ3) is 4.91. The van der Waals surface area contributed by atoms with Crippen LogP contribution in [0.15, 0.2) is 59.8 Å². The Labute approximate surface area is 186 Å². The zero-order valence-electron chi connectivity index (χ0n) is 18.5. The maximum absolute atomic E-state index is 12.5. The van der Waals surface area contributed by atoms with Crippen LogP contribution in [0.1, 0.15) is 41.4 Å². The van der Waals surface area contributed by atoms with E-state index in [4.69, 9.17) is 14.2 Å². The summed E-state index contributed by atoms with van der Waals surface area (Å²) in [5.74, 6) is -0.221. The minimum absolute atomic E-state index is 0.243. The number of benzene rings is 2. The number of hydrogen-bond donors (Lipinski definition) is 1. The number of ether oxygens (including phenoxy) is 3. The summed E-state index contributed by atoms with van der Waals surface area (Å²) in [6, 6.07) is 13.2. The van der Waals surface area contributed by atoms with Crippen molar-refractivity contribution >= 4 is 18.0 Å². The molecule has 2 aromatic carbocycles. The molecule has 1 aliphatic rings. The van der Waals surface area contributed by atoms with Crippen LogP contribution in [0.5, 0.6) is 5.75 Å². The molecule has 0 aliphatic carbocycles. The Hall–Kier alpha value is -3.81. The SMILES string of the molecule is CCOC(=O)C1=C(C)N(C)C(=O)N[C@H]1c1ccc(OCc2ccc(C(=O)OC)cc2)cc1. The molecular formula is C24H26N2O6. The third-order valence-corrected chi connectivity index (χ3v) is 5.24. The Morgan fingerprint density at radius 3 is 2.28 bits per heavy atom. The Morgan fingerprint density at radius 1 is 1.03 bits per heavy atom. The summed E-state index contributed by atoms with van der Waals surface area (Å²) < 4.78 is 15.7. The molecule has 0 aromatic heterocycles. The summed E-state index contributed by atoms with van der Waals surface area (Å²) in [6.45, 7) is 4.02. The van der Waals surface area contributed by atoms with Crippen molar-refractivity contribution in [3.05, 3.63) is 76.5 Å². The van der Waals surface area contributed by atoms with Gasteiger partial charge in [-0.2, -0.15) is 0 Å². The van der Waals surface area contributed by atoms with Crippen molar-refractivity contribution < 1.29 is 28.6 Å². The molecule has 1 heterocycles. The van der Waals surface area contributed by atoms with Gasteiger partial charge in [-0.05, 0) is 49.2 Å². The number of hydrogen-bond acceptors (Lipinski definition) is 6. The van der Waals surface area contributed by atoms with Crippen molar-refractivity contribution in [3.8, 4) is 5.75 Å². The van der Waals surface area contributed by atoms with Crippen LogP contribution in [0, 0.1) is 0 Å². The molecule has 168 valence electrons. The van der Waals surface area contributed by atoms with Crippen molar-refractivity contribution in [3.63, 3.8) is 0 Å². The molecule has 0 bridgehead atoms. The smallest absolute Gasteiger partial charge is 0.338 e. The highest BCUT2D eigenvalue weighted by atomic mass is 16.5. The highest BCUT2D eigenvalue weighted by Crippen LogP contribution is 2.31. The lowest BCUT2D eigenvalue weighted by Gasteiger charge is -2.33. The zero-order valence-corrected chi connectivity index (χ0v) is 18.5. The molecule has 2 aromatic rings.